The van der Waals surface area contributed by atoms with E-state index in [0.717, 1.165) is 55.5 Å². The third-order valence-corrected chi connectivity index (χ3v) is 6.07. The Hall–Kier alpha value is -2.86. The Kier molecular flexibility index (Phi) is 4.28. The van der Waals surface area contributed by atoms with Crippen molar-refractivity contribution in [1.82, 2.24) is 19.6 Å². The summed E-state index contributed by atoms with van der Waals surface area (Å²) in [5, 5.41) is 5.62. The highest BCUT2D eigenvalue weighted by atomic mass is 16.2. The van der Waals surface area contributed by atoms with Gasteiger partial charge in [-0.15, -0.1) is 0 Å². The third-order valence-electron chi connectivity index (χ3n) is 6.07. The van der Waals surface area contributed by atoms with E-state index in [-0.39, 0.29) is 5.91 Å². The molecule has 0 saturated carbocycles. The fraction of sp³-hybridized carbons (Fsp3) is 0.364. The summed E-state index contributed by atoms with van der Waals surface area (Å²) in [5.41, 5.74) is 9.34. The van der Waals surface area contributed by atoms with Crippen molar-refractivity contribution in [2.45, 2.75) is 25.4 Å². The molecule has 0 atom stereocenters. The average molecular weight is 375 g/mol. The van der Waals surface area contributed by atoms with Crippen LogP contribution in [0.5, 0.6) is 0 Å². The Morgan fingerprint density at radius 3 is 2.61 bits per heavy atom. The number of fused-ring (bicyclic) bond motifs is 5. The molecule has 2 aromatic carbocycles. The Labute approximate surface area is 164 Å². The molecule has 1 amide bonds. The van der Waals surface area contributed by atoms with Crippen molar-refractivity contribution in [1.29, 1.82) is 0 Å². The molecule has 3 aliphatic heterocycles. The summed E-state index contributed by atoms with van der Waals surface area (Å²) in [6.45, 7) is 4.53. The van der Waals surface area contributed by atoms with Gasteiger partial charge in [-0.05, 0) is 36.6 Å². The van der Waals surface area contributed by atoms with Gasteiger partial charge in [0.1, 0.15) is 0 Å². The van der Waals surface area contributed by atoms with Crippen LogP contribution in [0, 0.1) is 0 Å². The minimum absolute atomic E-state index is 0.0381. The predicted octanol–water partition coefficient (Wildman–Crippen LogP) is 2.59. The molecule has 3 aromatic rings. The van der Waals surface area contributed by atoms with Crippen LogP contribution in [-0.4, -0.2) is 57.7 Å². The fourth-order valence-corrected chi connectivity index (χ4v) is 4.52. The van der Waals surface area contributed by atoms with E-state index in [9.17, 15) is 4.79 Å². The quantitative estimate of drug-likeness (QED) is 0.715. The summed E-state index contributed by atoms with van der Waals surface area (Å²) in [5.74, 6) is 0.0381. The Balaban J connectivity index is 1.55. The highest BCUT2D eigenvalue weighted by Gasteiger charge is 2.34. The van der Waals surface area contributed by atoms with Gasteiger partial charge in [-0.25, -0.2) is 0 Å². The summed E-state index contributed by atoms with van der Waals surface area (Å²) in [6.07, 6.45) is 2.10. The monoisotopic (exact) mass is 375 g/mol. The van der Waals surface area contributed by atoms with E-state index in [1.807, 2.05) is 46.0 Å². The normalized spacial score (nSPS) is 21.8. The molecule has 0 aliphatic carbocycles. The van der Waals surface area contributed by atoms with Crippen LogP contribution in [0.15, 0.2) is 48.5 Å². The molecule has 6 heteroatoms. The summed E-state index contributed by atoms with van der Waals surface area (Å²) >= 11 is 0. The first-order valence-corrected chi connectivity index (χ1v) is 10.0. The van der Waals surface area contributed by atoms with Crippen molar-refractivity contribution >= 4 is 22.5 Å². The maximum absolute atomic E-state index is 13.5. The average Bonchev–Trinajstić information content (AvgIpc) is 2.86. The van der Waals surface area contributed by atoms with Crippen LogP contribution < -0.4 is 5.73 Å². The number of hydrogen-bond acceptors (Lipinski definition) is 4. The highest BCUT2D eigenvalue weighted by molar-refractivity contribution is 6.05. The molecule has 28 heavy (non-hydrogen) atoms. The molecule has 6 rings (SSSR count). The molecule has 4 heterocycles. The van der Waals surface area contributed by atoms with E-state index in [0.29, 0.717) is 24.0 Å². The molecule has 3 saturated heterocycles. The first-order valence-electron chi connectivity index (χ1n) is 10.0. The van der Waals surface area contributed by atoms with Crippen molar-refractivity contribution in [2.24, 2.45) is 0 Å². The summed E-state index contributed by atoms with van der Waals surface area (Å²) in [6, 6.07) is 16.3. The molecule has 0 unspecified atom stereocenters. The number of hydrogen-bond donors (Lipinski definition) is 1. The topological polar surface area (TPSA) is 67.4 Å². The van der Waals surface area contributed by atoms with Crippen LogP contribution in [0.1, 0.15) is 28.9 Å². The molecule has 144 valence electrons. The number of amides is 1. The molecule has 1 aromatic heterocycles. The van der Waals surface area contributed by atoms with Crippen molar-refractivity contribution in [2.75, 3.05) is 31.9 Å². The minimum Gasteiger partial charge on any atom is -0.399 e. The van der Waals surface area contributed by atoms with Crippen LogP contribution in [0.4, 0.5) is 5.69 Å². The second-order valence-corrected chi connectivity index (χ2v) is 7.84. The fourth-order valence-electron chi connectivity index (χ4n) is 4.52. The van der Waals surface area contributed by atoms with Gasteiger partial charge in [0.15, 0.2) is 5.69 Å². The van der Waals surface area contributed by atoms with Crippen LogP contribution >= 0.6 is 0 Å². The van der Waals surface area contributed by atoms with Crippen molar-refractivity contribution in [3.05, 3.63) is 59.8 Å². The van der Waals surface area contributed by atoms with Gasteiger partial charge in [-0.1, -0.05) is 30.3 Å². The van der Waals surface area contributed by atoms with Gasteiger partial charge < -0.3 is 15.5 Å². The number of anilines is 1. The zero-order chi connectivity index (χ0) is 19.1. The number of nitrogens with two attached hydrogens (primary N) is 1. The highest BCUT2D eigenvalue weighted by Crippen LogP contribution is 2.27. The number of aromatic nitrogens is 2. The standard InChI is InChI=1S/C22H25N5O/c23-17-6-7-20-19(14-17)21(24-27(20)15-16-4-2-1-3-5-16)22(28)26-13-12-25-10-8-18(26)9-11-25/h1-7,14,18H,8-13,15,23H2. The summed E-state index contributed by atoms with van der Waals surface area (Å²) in [7, 11) is 0. The number of nitrogens with zero attached hydrogens (tertiary/aromatic N) is 4. The Morgan fingerprint density at radius 1 is 1.04 bits per heavy atom. The number of nitrogen functional groups attached to an aromatic ring is 1. The second kappa shape index (κ2) is 6.95. The largest absolute Gasteiger partial charge is 0.399 e. The van der Waals surface area contributed by atoms with Crippen LogP contribution in [0.25, 0.3) is 10.9 Å². The lowest BCUT2D eigenvalue weighted by Crippen LogP contribution is -2.41. The predicted molar refractivity (Wildman–Crippen MR) is 110 cm³/mol. The smallest absolute Gasteiger partial charge is 0.275 e. The number of piperidine rings is 1. The second-order valence-electron chi connectivity index (χ2n) is 7.84. The maximum atomic E-state index is 13.5. The van der Waals surface area contributed by atoms with Crippen molar-refractivity contribution in [3.63, 3.8) is 0 Å². The SMILES string of the molecule is Nc1ccc2c(c1)c(C(=O)N1CCN3CCC1CC3)nn2Cc1ccccc1. The van der Waals surface area contributed by atoms with E-state index in [4.69, 9.17) is 10.8 Å². The molecule has 6 nitrogen and oxygen atoms in total. The Morgan fingerprint density at radius 2 is 1.82 bits per heavy atom. The van der Waals surface area contributed by atoms with Gasteiger partial charge in [0.2, 0.25) is 0 Å². The van der Waals surface area contributed by atoms with Gasteiger partial charge in [-0.2, -0.15) is 5.10 Å². The van der Waals surface area contributed by atoms with Crippen LogP contribution in [0.2, 0.25) is 0 Å². The zero-order valence-electron chi connectivity index (χ0n) is 15.9. The molecule has 3 fully saturated rings. The minimum atomic E-state index is 0.0381. The lowest BCUT2D eigenvalue weighted by atomic mass is 10.0. The van der Waals surface area contributed by atoms with E-state index in [1.54, 1.807) is 0 Å². The number of benzene rings is 2. The van der Waals surface area contributed by atoms with Crippen molar-refractivity contribution in [3.8, 4) is 0 Å². The number of carbonyl (C=O) groups excluding carboxylic acids is 1. The van der Waals surface area contributed by atoms with Crippen molar-refractivity contribution < 1.29 is 4.79 Å². The van der Waals surface area contributed by atoms with E-state index in [1.165, 1.54) is 0 Å². The molecular weight excluding hydrogens is 350 g/mol. The molecule has 3 aliphatic rings. The molecular formula is C22H25N5O. The third kappa shape index (κ3) is 3.03. The lowest BCUT2D eigenvalue weighted by Gasteiger charge is -2.31. The lowest BCUT2D eigenvalue weighted by molar-refractivity contribution is 0.0680. The van der Waals surface area contributed by atoms with Gasteiger partial charge >= 0.3 is 0 Å². The molecule has 0 spiro atoms. The van der Waals surface area contributed by atoms with Gasteiger partial charge in [0, 0.05) is 43.3 Å². The van der Waals surface area contributed by atoms with Crippen LogP contribution in [0.3, 0.4) is 0 Å². The van der Waals surface area contributed by atoms with E-state index < -0.39 is 0 Å². The summed E-state index contributed by atoms with van der Waals surface area (Å²) < 4.78 is 1.93. The first-order chi connectivity index (χ1) is 13.7. The first kappa shape index (κ1) is 17.3. The number of rotatable bonds is 3. The zero-order valence-corrected chi connectivity index (χ0v) is 15.9. The van der Waals surface area contributed by atoms with E-state index >= 15 is 0 Å². The van der Waals surface area contributed by atoms with Crippen LogP contribution in [-0.2, 0) is 6.54 Å². The Bertz CT molecular complexity index is 1000. The van der Waals surface area contributed by atoms with Gasteiger partial charge in [0.25, 0.3) is 5.91 Å². The maximum Gasteiger partial charge on any atom is 0.275 e. The summed E-state index contributed by atoms with van der Waals surface area (Å²) in [4.78, 5) is 18.0. The van der Waals surface area contributed by atoms with Gasteiger partial charge in [-0.3, -0.25) is 9.48 Å². The van der Waals surface area contributed by atoms with Gasteiger partial charge in [0.05, 0.1) is 12.1 Å². The number of carbonyl (C=O) groups is 1. The molecule has 2 bridgehead atoms. The molecule has 2 N–H and O–H groups in total. The molecule has 0 radical (unpaired) electrons. The van der Waals surface area contributed by atoms with E-state index in [2.05, 4.69) is 17.0 Å².